The highest BCUT2D eigenvalue weighted by atomic mass is 16.3. The quantitative estimate of drug-likeness (QED) is 0.268. The average Bonchev–Trinajstić information content (AvgIpc) is 2.27. The number of benzene rings is 1. The Balaban J connectivity index is 2.80. The van der Waals surface area contributed by atoms with Crippen molar-refractivity contribution in [1.29, 1.82) is 0 Å². The first-order chi connectivity index (χ1) is 7.95. The minimum Gasteiger partial charge on any atom is -0.508 e. The number of nitrogens with one attached hydrogen (secondary N) is 2. The van der Waals surface area contributed by atoms with Gasteiger partial charge in [-0.1, -0.05) is 0 Å². The minimum absolute atomic E-state index is 0.0422. The van der Waals surface area contributed by atoms with Crippen molar-refractivity contribution in [3.8, 4) is 11.5 Å². The van der Waals surface area contributed by atoms with Crippen LogP contribution in [0.3, 0.4) is 0 Å². The summed E-state index contributed by atoms with van der Waals surface area (Å²) >= 11 is 0. The van der Waals surface area contributed by atoms with E-state index in [4.69, 9.17) is 10.9 Å². The van der Waals surface area contributed by atoms with E-state index in [0.717, 1.165) is 6.07 Å². The molecule has 1 aromatic rings. The smallest absolute Gasteiger partial charge is 0.256 e. The van der Waals surface area contributed by atoms with Crippen LogP contribution in [0, 0.1) is 0 Å². The molecular weight excluding hydrogens is 226 g/mol. The second kappa shape index (κ2) is 5.17. The number of aromatic hydroxyl groups is 2. The van der Waals surface area contributed by atoms with Crippen molar-refractivity contribution in [3.63, 3.8) is 0 Å². The summed E-state index contributed by atoms with van der Waals surface area (Å²) < 4.78 is 0. The van der Waals surface area contributed by atoms with E-state index in [1.54, 1.807) is 0 Å². The molecule has 0 fully saturated rings. The maximum absolute atomic E-state index is 11.6. The van der Waals surface area contributed by atoms with Gasteiger partial charge in [-0.15, -0.1) is 0 Å². The fourth-order valence-corrected chi connectivity index (χ4v) is 1.18. The molecule has 0 aliphatic carbocycles. The number of hydrogen-bond donors (Lipinski definition) is 5. The van der Waals surface area contributed by atoms with Crippen LogP contribution in [0.2, 0.25) is 0 Å². The largest absolute Gasteiger partial charge is 0.508 e. The fraction of sp³-hybridized carbons (Fsp3) is 0.200. The minimum atomic E-state index is -0.833. The van der Waals surface area contributed by atoms with Gasteiger partial charge in [0, 0.05) is 6.07 Å². The fourth-order valence-electron chi connectivity index (χ4n) is 1.18. The highest BCUT2D eigenvalue weighted by Crippen LogP contribution is 2.22. The van der Waals surface area contributed by atoms with Gasteiger partial charge < -0.3 is 15.5 Å². The Morgan fingerprint density at radius 3 is 2.53 bits per heavy atom. The van der Waals surface area contributed by atoms with Crippen LogP contribution < -0.4 is 16.6 Å². The van der Waals surface area contributed by atoms with E-state index in [2.05, 4.69) is 5.32 Å². The molecule has 1 rings (SSSR count). The summed E-state index contributed by atoms with van der Waals surface area (Å²) in [6.07, 6.45) is 0. The summed E-state index contributed by atoms with van der Waals surface area (Å²) in [5, 5.41) is 20.8. The standard InChI is InChI=1S/C10H13N3O4/c1-5(9(16)13-11)12-10(17)7-3-2-6(14)4-8(7)15/h2-5,14-15H,11H2,1H3,(H,12,17)(H,13,16). The topological polar surface area (TPSA) is 125 Å². The molecule has 1 aromatic carbocycles. The van der Waals surface area contributed by atoms with Gasteiger partial charge in [-0.2, -0.15) is 0 Å². The zero-order valence-corrected chi connectivity index (χ0v) is 9.10. The van der Waals surface area contributed by atoms with E-state index in [0.29, 0.717) is 0 Å². The molecule has 6 N–H and O–H groups in total. The molecule has 0 aliphatic heterocycles. The summed E-state index contributed by atoms with van der Waals surface area (Å²) in [4.78, 5) is 22.7. The summed E-state index contributed by atoms with van der Waals surface area (Å²) in [6, 6.07) is 2.69. The van der Waals surface area contributed by atoms with Crippen molar-refractivity contribution >= 4 is 11.8 Å². The van der Waals surface area contributed by atoms with Crippen molar-refractivity contribution in [3.05, 3.63) is 23.8 Å². The lowest BCUT2D eigenvalue weighted by Gasteiger charge is -2.12. The Labute approximate surface area is 97.2 Å². The Bertz CT molecular complexity index is 447. The van der Waals surface area contributed by atoms with Crippen molar-refractivity contribution < 1.29 is 19.8 Å². The van der Waals surface area contributed by atoms with Gasteiger partial charge in [0.1, 0.15) is 17.5 Å². The van der Waals surface area contributed by atoms with Crippen LogP contribution in [0.25, 0.3) is 0 Å². The monoisotopic (exact) mass is 239 g/mol. The Hall–Kier alpha value is -2.28. The number of amides is 2. The average molecular weight is 239 g/mol. The Kier molecular flexibility index (Phi) is 3.89. The third kappa shape index (κ3) is 3.08. The van der Waals surface area contributed by atoms with Crippen LogP contribution in [0.1, 0.15) is 17.3 Å². The van der Waals surface area contributed by atoms with Crippen LogP contribution in [0.4, 0.5) is 0 Å². The van der Waals surface area contributed by atoms with E-state index in [9.17, 15) is 14.7 Å². The number of rotatable bonds is 3. The van der Waals surface area contributed by atoms with Gasteiger partial charge in [0.25, 0.3) is 11.8 Å². The zero-order chi connectivity index (χ0) is 13.0. The van der Waals surface area contributed by atoms with E-state index in [-0.39, 0.29) is 17.1 Å². The molecule has 7 nitrogen and oxygen atoms in total. The van der Waals surface area contributed by atoms with Crippen LogP contribution in [0.15, 0.2) is 18.2 Å². The van der Waals surface area contributed by atoms with Crippen LogP contribution in [-0.4, -0.2) is 28.1 Å². The van der Waals surface area contributed by atoms with Gasteiger partial charge in [0.2, 0.25) is 0 Å². The highest BCUT2D eigenvalue weighted by Gasteiger charge is 2.17. The van der Waals surface area contributed by atoms with Gasteiger partial charge in [-0.05, 0) is 19.1 Å². The lowest BCUT2D eigenvalue weighted by molar-refractivity contribution is -0.122. The van der Waals surface area contributed by atoms with E-state index >= 15 is 0 Å². The van der Waals surface area contributed by atoms with Gasteiger partial charge in [-0.3, -0.25) is 15.0 Å². The number of carbonyl (C=O) groups is 2. The van der Waals surface area contributed by atoms with Gasteiger partial charge in [0.15, 0.2) is 0 Å². The predicted octanol–water partition coefficient (Wildman–Crippen LogP) is -0.794. The number of carbonyl (C=O) groups excluding carboxylic acids is 2. The molecule has 92 valence electrons. The molecule has 0 saturated heterocycles. The molecule has 0 heterocycles. The number of phenols is 2. The molecule has 0 saturated carbocycles. The maximum Gasteiger partial charge on any atom is 0.256 e. The SMILES string of the molecule is CC(NC(=O)c1ccc(O)cc1O)C(=O)NN. The van der Waals surface area contributed by atoms with Crippen LogP contribution in [-0.2, 0) is 4.79 Å². The first kappa shape index (κ1) is 12.8. The third-order valence-electron chi connectivity index (χ3n) is 2.11. The second-order valence-electron chi connectivity index (χ2n) is 3.41. The molecule has 0 spiro atoms. The lowest BCUT2D eigenvalue weighted by atomic mass is 10.1. The normalized spacial score (nSPS) is 11.6. The summed E-state index contributed by atoms with van der Waals surface area (Å²) in [6.45, 7) is 1.44. The molecule has 1 atom stereocenters. The van der Waals surface area contributed by atoms with Crippen molar-refractivity contribution in [1.82, 2.24) is 10.7 Å². The Morgan fingerprint density at radius 2 is 2.00 bits per heavy atom. The maximum atomic E-state index is 11.6. The number of hydrogen-bond acceptors (Lipinski definition) is 5. The third-order valence-corrected chi connectivity index (χ3v) is 2.11. The number of phenolic OH excluding ortho intramolecular Hbond substituents is 2. The van der Waals surface area contributed by atoms with Gasteiger partial charge in [-0.25, -0.2) is 5.84 Å². The summed E-state index contributed by atoms with van der Waals surface area (Å²) in [7, 11) is 0. The highest BCUT2D eigenvalue weighted by molar-refractivity contribution is 5.99. The molecule has 17 heavy (non-hydrogen) atoms. The van der Waals surface area contributed by atoms with E-state index in [1.165, 1.54) is 19.1 Å². The second-order valence-corrected chi connectivity index (χ2v) is 3.41. The van der Waals surface area contributed by atoms with E-state index < -0.39 is 17.9 Å². The molecule has 2 amide bonds. The molecule has 0 aromatic heterocycles. The van der Waals surface area contributed by atoms with E-state index in [1.807, 2.05) is 5.43 Å². The molecule has 0 bridgehead atoms. The van der Waals surface area contributed by atoms with Crippen molar-refractivity contribution in [2.75, 3.05) is 0 Å². The van der Waals surface area contributed by atoms with Crippen molar-refractivity contribution in [2.24, 2.45) is 5.84 Å². The van der Waals surface area contributed by atoms with Gasteiger partial charge in [0.05, 0.1) is 5.56 Å². The molecule has 0 radical (unpaired) electrons. The molecule has 1 unspecified atom stereocenters. The summed E-state index contributed by atoms with van der Waals surface area (Å²) in [5.74, 6) is 3.17. The molecule has 7 heteroatoms. The molecule has 0 aliphatic rings. The number of nitrogens with two attached hydrogens (primary N) is 1. The predicted molar refractivity (Wildman–Crippen MR) is 59.0 cm³/mol. The van der Waals surface area contributed by atoms with Crippen molar-refractivity contribution in [2.45, 2.75) is 13.0 Å². The van der Waals surface area contributed by atoms with Crippen LogP contribution in [0.5, 0.6) is 11.5 Å². The zero-order valence-electron chi connectivity index (χ0n) is 9.10. The Morgan fingerprint density at radius 1 is 1.35 bits per heavy atom. The van der Waals surface area contributed by atoms with Crippen LogP contribution >= 0.6 is 0 Å². The van der Waals surface area contributed by atoms with Gasteiger partial charge >= 0.3 is 0 Å². The molecular formula is C10H13N3O4. The first-order valence-corrected chi connectivity index (χ1v) is 4.79. The summed E-state index contributed by atoms with van der Waals surface area (Å²) in [5.41, 5.74) is 1.85. The lowest BCUT2D eigenvalue weighted by Crippen LogP contribution is -2.47. The number of hydrazine groups is 1. The first-order valence-electron chi connectivity index (χ1n) is 4.79.